The van der Waals surface area contributed by atoms with Gasteiger partial charge in [-0.3, -0.25) is 4.79 Å². The standard InChI is InChI=1S/C29H43IO5Si/c1-20-14-15-24-29(6,34-27(32-24)22-12-10-9-11-13-22)17-16-23(35-36(7,8)28(3,4)5)18-25(31)33-26(20)21(2)19-30/h9-15,19-20,23-24,26-27H,16-18H2,1-8H3/b15-14-,21-19+/t20-,23+,24-,26-,27-,29+/m0/s1. The minimum atomic E-state index is -2.10. The van der Waals surface area contributed by atoms with Crippen LogP contribution in [-0.2, 0) is 23.4 Å². The van der Waals surface area contributed by atoms with Crippen molar-refractivity contribution in [2.45, 2.75) is 109 Å². The number of hydrogen-bond donors (Lipinski definition) is 0. The van der Waals surface area contributed by atoms with E-state index in [4.69, 9.17) is 18.6 Å². The van der Waals surface area contributed by atoms with Crippen LogP contribution in [0.2, 0.25) is 18.1 Å². The Balaban J connectivity index is 1.96. The van der Waals surface area contributed by atoms with Crippen molar-refractivity contribution in [3.63, 3.8) is 0 Å². The van der Waals surface area contributed by atoms with Crippen molar-refractivity contribution < 1.29 is 23.4 Å². The average molecular weight is 627 g/mol. The molecule has 0 saturated carbocycles. The van der Waals surface area contributed by atoms with E-state index in [1.54, 1.807) is 0 Å². The molecule has 1 saturated heterocycles. The quantitative estimate of drug-likeness (QED) is 0.147. The Morgan fingerprint density at radius 2 is 1.86 bits per heavy atom. The number of cyclic esters (lactones) is 1. The van der Waals surface area contributed by atoms with Gasteiger partial charge >= 0.3 is 5.97 Å². The number of ether oxygens (including phenoxy) is 3. The topological polar surface area (TPSA) is 54.0 Å². The third-order valence-corrected chi connectivity index (χ3v) is 13.4. The summed E-state index contributed by atoms with van der Waals surface area (Å²) in [5.74, 6) is -0.225. The van der Waals surface area contributed by atoms with Crippen LogP contribution >= 0.6 is 22.6 Å². The van der Waals surface area contributed by atoms with Gasteiger partial charge in [-0.1, -0.05) is 92.8 Å². The van der Waals surface area contributed by atoms with Crippen molar-refractivity contribution in [2.24, 2.45) is 5.92 Å². The van der Waals surface area contributed by atoms with Crippen molar-refractivity contribution in [1.82, 2.24) is 0 Å². The summed E-state index contributed by atoms with van der Waals surface area (Å²) in [5, 5.41) is 0.0404. The fourth-order valence-corrected chi connectivity index (χ4v) is 6.24. The molecule has 1 aromatic rings. The highest BCUT2D eigenvalue weighted by atomic mass is 127. The van der Waals surface area contributed by atoms with E-state index in [0.29, 0.717) is 12.8 Å². The normalized spacial score (nSPS) is 33.8. The van der Waals surface area contributed by atoms with E-state index in [2.05, 4.69) is 82.5 Å². The average Bonchev–Trinajstić information content (AvgIpc) is 3.14. The van der Waals surface area contributed by atoms with Crippen molar-refractivity contribution in [2.75, 3.05) is 0 Å². The molecule has 0 unspecified atom stereocenters. The highest BCUT2D eigenvalue weighted by Crippen LogP contribution is 2.44. The van der Waals surface area contributed by atoms with Crippen molar-refractivity contribution in [3.05, 3.63) is 57.7 Å². The number of hydrogen-bond acceptors (Lipinski definition) is 5. The molecule has 2 aliphatic rings. The molecule has 0 aromatic heterocycles. The van der Waals surface area contributed by atoms with Gasteiger partial charge in [-0.2, -0.15) is 0 Å². The van der Waals surface area contributed by atoms with Gasteiger partial charge in [0.25, 0.3) is 0 Å². The molecule has 1 aromatic carbocycles. The molecular formula is C29H43IO5Si. The zero-order valence-electron chi connectivity index (χ0n) is 23.0. The second kappa shape index (κ2) is 11.8. The van der Waals surface area contributed by atoms with Crippen LogP contribution in [0.25, 0.3) is 0 Å². The van der Waals surface area contributed by atoms with E-state index in [1.165, 1.54) is 0 Å². The van der Waals surface area contributed by atoms with Crippen LogP contribution in [0.15, 0.2) is 52.1 Å². The predicted octanol–water partition coefficient (Wildman–Crippen LogP) is 7.88. The first-order valence-corrected chi connectivity index (χ1v) is 17.1. The zero-order valence-corrected chi connectivity index (χ0v) is 26.2. The number of halogens is 1. The largest absolute Gasteiger partial charge is 0.457 e. The summed E-state index contributed by atoms with van der Waals surface area (Å²) in [7, 11) is -2.10. The molecule has 0 N–H and O–H groups in total. The molecular weight excluding hydrogens is 583 g/mol. The number of benzene rings is 1. The van der Waals surface area contributed by atoms with Crippen molar-refractivity contribution >= 4 is 36.9 Å². The number of carbonyl (C=O) groups is 1. The fourth-order valence-electron chi connectivity index (χ4n) is 4.50. The Kier molecular flexibility index (Phi) is 9.69. The Hall–Kier alpha value is -1.00. The van der Waals surface area contributed by atoms with E-state index in [-0.39, 0.29) is 41.7 Å². The first-order valence-electron chi connectivity index (χ1n) is 13.0. The Bertz CT molecular complexity index is 954. The van der Waals surface area contributed by atoms with Gasteiger partial charge in [0.05, 0.1) is 18.1 Å². The summed E-state index contributed by atoms with van der Waals surface area (Å²) >= 11 is 2.21. The third kappa shape index (κ3) is 7.10. The van der Waals surface area contributed by atoms with Crippen LogP contribution in [0.1, 0.15) is 72.7 Å². The highest BCUT2D eigenvalue weighted by molar-refractivity contribution is 14.1. The lowest BCUT2D eigenvalue weighted by Crippen LogP contribution is -2.45. The third-order valence-electron chi connectivity index (χ3n) is 7.89. The van der Waals surface area contributed by atoms with Gasteiger partial charge in [0.2, 0.25) is 0 Å². The van der Waals surface area contributed by atoms with Crippen LogP contribution in [0.3, 0.4) is 0 Å². The van der Waals surface area contributed by atoms with E-state index in [0.717, 1.165) is 11.1 Å². The summed E-state index contributed by atoms with van der Waals surface area (Å²) in [6, 6.07) is 10.1. The predicted molar refractivity (Wildman–Crippen MR) is 155 cm³/mol. The van der Waals surface area contributed by atoms with E-state index < -0.39 is 20.2 Å². The van der Waals surface area contributed by atoms with Crippen LogP contribution in [0.4, 0.5) is 0 Å². The minimum Gasteiger partial charge on any atom is -0.457 e. The van der Waals surface area contributed by atoms with E-state index in [9.17, 15) is 4.79 Å². The van der Waals surface area contributed by atoms with Gasteiger partial charge in [0, 0.05) is 11.5 Å². The lowest BCUT2D eigenvalue weighted by Gasteiger charge is -2.40. The molecule has 0 amide bonds. The molecule has 6 atom stereocenters. The maximum Gasteiger partial charge on any atom is 0.308 e. The summed E-state index contributed by atoms with van der Waals surface area (Å²) in [4.78, 5) is 13.2. The summed E-state index contributed by atoms with van der Waals surface area (Å²) in [6.45, 7) is 17.3. The molecule has 3 rings (SSSR count). The molecule has 0 bridgehead atoms. The van der Waals surface area contributed by atoms with Crippen LogP contribution < -0.4 is 0 Å². The van der Waals surface area contributed by atoms with Gasteiger partial charge in [0.15, 0.2) is 14.6 Å². The zero-order chi connectivity index (χ0) is 26.7. The lowest BCUT2D eigenvalue weighted by molar-refractivity contribution is -0.151. The molecule has 0 spiro atoms. The molecule has 200 valence electrons. The van der Waals surface area contributed by atoms with Crippen LogP contribution in [0.5, 0.6) is 0 Å². The monoisotopic (exact) mass is 626 g/mol. The number of rotatable bonds is 4. The second-order valence-electron chi connectivity index (χ2n) is 12.0. The minimum absolute atomic E-state index is 0.0113. The Morgan fingerprint density at radius 1 is 1.19 bits per heavy atom. The molecule has 1 fully saturated rings. The molecule has 5 nitrogen and oxygen atoms in total. The maximum absolute atomic E-state index is 13.2. The van der Waals surface area contributed by atoms with Gasteiger partial charge in [-0.15, -0.1) is 0 Å². The summed E-state index contributed by atoms with van der Waals surface area (Å²) in [5.41, 5.74) is 1.48. The lowest BCUT2D eigenvalue weighted by atomic mass is 9.89. The second-order valence-corrected chi connectivity index (χ2v) is 17.4. The molecule has 0 radical (unpaired) electrons. The van der Waals surface area contributed by atoms with Crippen LogP contribution in [-0.4, -0.2) is 38.2 Å². The number of esters is 1. The molecule has 36 heavy (non-hydrogen) atoms. The number of carbonyl (C=O) groups excluding carboxylic acids is 1. The number of fused-ring (bicyclic) bond motifs is 1. The molecule has 2 heterocycles. The van der Waals surface area contributed by atoms with Gasteiger partial charge in [-0.25, -0.2) is 0 Å². The first kappa shape index (κ1) is 29.6. The summed E-state index contributed by atoms with van der Waals surface area (Å²) in [6.07, 6.45) is 4.60. The van der Waals surface area contributed by atoms with Crippen LogP contribution in [0, 0.1) is 5.92 Å². The molecule has 7 heteroatoms. The highest BCUT2D eigenvalue weighted by Gasteiger charge is 2.47. The Morgan fingerprint density at radius 3 is 2.47 bits per heavy atom. The maximum atomic E-state index is 13.2. The molecule has 0 aliphatic carbocycles. The van der Waals surface area contributed by atoms with Crippen molar-refractivity contribution in [1.29, 1.82) is 0 Å². The van der Waals surface area contributed by atoms with Crippen molar-refractivity contribution in [3.8, 4) is 0 Å². The van der Waals surface area contributed by atoms with E-state index >= 15 is 0 Å². The first-order chi connectivity index (χ1) is 16.8. The van der Waals surface area contributed by atoms with Gasteiger partial charge in [-0.05, 0) is 54.5 Å². The summed E-state index contributed by atoms with van der Waals surface area (Å²) < 4.78 is 27.9. The smallest absolute Gasteiger partial charge is 0.308 e. The van der Waals surface area contributed by atoms with E-state index in [1.807, 2.05) is 41.3 Å². The Labute approximate surface area is 232 Å². The van der Waals surface area contributed by atoms with Gasteiger partial charge < -0.3 is 18.6 Å². The van der Waals surface area contributed by atoms with Gasteiger partial charge in [0.1, 0.15) is 12.2 Å². The SMILES string of the molecule is C/C(=C\I)[C@H]1OC(=O)C[C@H](O[Si](C)(C)C(C)(C)C)CC[C@@]2(C)O[C@@H](c3ccccc3)O[C@H]2/C=C\[C@@H]1C. The molecule has 2 aliphatic heterocycles. The fraction of sp³-hybridized carbons (Fsp3) is 0.621.